The molecule has 1 aromatic heterocycles. The van der Waals surface area contributed by atoms with Crippen LogP contribution in [0.5, 0.6) is 0 Å². The summed E-state index contributed by atoms with van der Waals surface area (Å²) in [5.41, 5.74) is -4.29. The molecule has 0 aliphatic rings. The van der Waals surface area contributed by atoms with E-state index in [1.165, 1.54) is 0 Å². The summed E-state index contributed by atoms with van der Waals surface area (Å²) in [7, 11) is 0. The zero-order valence-corrected chi connectivity index (χ0v) is 11.7. The van der Waals surface area contributed by atoms with Crippen LogP contribution in [0, 0.1) is 0 Å². The lowest BCUT2D eigenvalue weighted by Gasteiger charge is -2.10. The molecule has 6 nitrogen and oxygen atoms in total. The van der Waals surface area contributed by atoms with E-state index in [4.69, 9.17) is 0 Å². The van der Waals surface area contributed by atoms with Crippen LogP contribution in [0.4, 0.5) is 26.3 Å². The van der Waals surface area contributed by atoms with Gasteiger partial charge in [-0.25, -0.2) is 28.1 Å². The van der Waals surface area contributed by atoms with Crippen LogP contribution in [-0.2, 0) is 19.6 Å². The van der Waals surface area contributed by atoms with Gasteiger partial charge in [-0.3, -0.25) is 0 Å². The molecule has 0 fully saturated rings. The smallest absolute Gasteiger partial charge is 0.247 e. The fraction of sp³-hybridized carbons (Fsp3) is 0.250. The number of halogens is 6. The van der Waals surface area contributed by atoms with Crippen LogP contribution in [0.3, 0.4) is 0 Å². The van der Waals surface area contributed by atoms with E-state index in [-0.39, 0.29) is 31.9 Å². The average Bonchev–Trinajstić information content (AvgIpc) is 2.45. The second-order valence-electron chi connectivity index (χ2n) is 4.16. The molecule has 0 aromatic carbocycles. The van der Waals surface area contributed by atoms with Crippen molar-refractivity contribution in [3.63, 3.8) is 0 Å². The molecule has 0 aliphatic carbocycles. The van der Waals surface area contributed by atoms with Gasteiger partial charge in [0.05, 0.1) is 19.6 Å². The van der Waals surface area contributed by atoms with E-state index in [1.54, 1.807) is 0 Å². The van der Waals surface area contributed by atoms with Crippen LogP contribution in [0.2, 0.25) is 0 Å². The van der Waals surface area contributed by atoms with Gasteiger partial charge in [0, 0.05) is 18.2 Å². The Hall–Kier alpha value is -2.79. The third-order valence-electron chi connectivity index (χ3n) is 2.67. The predicted octanol–water partition coefficient (Wildman–Crippen LogP) is 1.51. The van der Waals surface area contributed by atoms with Crippen molar-refractivity contribution in [2.45, 2.75) is 19.6 Å². The minimum Gasteiger partial charge on any atom is -0.247 e. The summed E-state index contributed by atoms with van der Waals surface area (Å²) in [6.45, 7) is -2.90. The molecule has 0 N–H and O–H groups in total. The Balaban J connectivity index is 3.64. The zero-order chi connectivity index (χ0) is 18.4. The second-order valence-corrected chi connectivity index (χ2v) is 4.16. The van der Waals surface area contributed by atoms with Crippen molar-refractivity contribution in [2.24, 2.45) is 0 Å². The third kappa shape index (κ3) is 4.86. The molecule has 0 unspecified atom stereocenters. The second kappa shape index (κ2) is 8.17. The number of nitrogens with zero attached hydrogens (tertiary/aromatic N) is 3. The molecular weight excluding hydrogens is 348 g/mol. The van der Waals surface area contributed by atoms with Crippen molar-refractivity contribution in [1.82, 2.24) is 13.7 Å². The lowest BCUT2D eigenvalue weighted by molar-refractivity contribution is 0.404. The molecule has 12 heteroatoms. The highest BCUT2D eigenvalue weighted by Gasteiger charge is 2.14. The molecule has 0 radical (unpaired) electrons. The van der Waals surface area contributed by atoms with Crippen LogP contribution in [0.25, 0.3) is 0 Å². The van der Waals surface area contributed by atoms with E-state index >= 15 is 0 Å². The van der Waals surface area contributed by atoms with Crippen molar-refractivity contribution in [2.75, 3.05) is 0 Å². The first kappa shape index (κ1) is 19.3. The SMILES string of the molecule is O=c1n(CC=C(F)F)c(=O)n(CC=C(F)F)c(=O)n1CC=C(F)F. The highest BCUT2D eigenvalue weighted by Crippen LogP contribution is 1.98. The highest BCUT2D eigenvalue weighted by molar-refractivity contribution is 4.91. The van der Waals surface area contributed by atoms with E-state index in [2.05, 4.69) is 0 Å². The van der Waals surface area contributed by atoms with Crippen LogP contribution >= 0.6 is 0 Å². The Morgan fingerprint density at radius 1 is 0.583 bits per heavy atom. The van der Waals surface area contributed by atoms with E-state index < -0.39 is 54.9 Å². The Kier molecular flexibility index (Phi) is 6.56. The van der Waals surface area contributed by atoms with Crippen molar-refractivity contribution in [3.8, 4) is 0 Å². The molecule has 1 aromatic rings. The maximum absolute atomic E-state index is 12.1. The van der Waals surface area contributed by atoms with Crippen molar-refractivity contribution >= 4 is 0 Å². The maximum Gasteiger partial charge on any atom is 0.336 e. The van der Waals surface area contributed by atoms with Gasteiger partial charge in [-0.1, -0.05) is 0 Å². The summed E-state index contributed by atoms with van der Waals surface area (Å²) in [6.07, 6.45) is -6.22. The number of allylic oxidation sites excluding steroid dienone is 3. The van der Waals surface area contributed by atoms with Crippen molar-refractivity contribution < 1.29 is 26.3 Å². The van der Waals surface area contributed by atoms with Gasteiger partial charge in [-0.15, -0.1) is 0 Å². The van der Waals surface area contributed by atoms with E-state index in [1.807, 2.05) is 0 Å². The minimum atomic E-state index is -2.24. The van der Waals surface area contributed by atoms with Crippen LogP contribution < -0.4 is 17.1 Å². The summed E-state index contributed by atoms with van der Waals surface area (Å²) in [6, 6.07) is 0. The topological polar surface area (TPSA) is 66.0 Å². The first-order chi connectivity index (χ1) is 11.1. The molecule has 0 saturated heterocycles. The summed E-state index contributed by atoms with van der Waals surface area (Å²) in [4.78, 5) is 35.8. The predicted molar refractivity (Wildman–Crippen MR) is 70.1 cm³/mol. The summed E-state index contributed by atoms with van der Waals surface area (Å²) in [5, 5.41) is 0. The summed E-state index contributed by atoms with van der Waals surface area (Å²) >= 11 is 0. The Bertz CT molecular complexity index is 721. The van der Waals surface area contributed by atoms with Gasteiger partial charge in [0.2, 0.25) is 0 Å². The fourth-order valence-corrected chi connectivity index (χ4v) is 1.63. The van der Waals surface area contributed by atoms with Crippen molar-refractivity contribution in [1.29, 1.82) is 0 Å². The van der Waals surface area contributed by atoms with E-state index in [0.717, 1.165) is 0 Å². The molecule has 0 bridgehead atoms. The largest absolute Gasteiger partial charge is 0.336 e. The molecule has 0 aliphatic heterocycles. The number of hydrogen-bond donors (Lipinski definition) is 0. The van der Waals surface area contributed by atoms with Crippen molar-refractivity contribution in [3.05, 3.63) is 67.9 Å². The fourth-order valence-electron chi connectivity index (χ4n) is 1.63. The Morgan fingerprint density at radius 3 is 0.958 bits per heavy atom. The van der Waals surface area contributed by atoms with Gasteiger partial charge in [-0.2, -0.15) is 26.3 Å². The molecule has 0 amide bonds. The molecule has 1 rings (SSSR count). The average molecular weight is 357 g/mol. The Labute approximate surface area is 128 Å². The molecular formula is C12H9F6N3O3. The monoisotopic (exact) mass is 357 g/mol. The maximum atomic E-state index is 12.1. The quantitative estimate of drug-likeness (QED) is 0.725. The summed E-state index contributed by atoms with van der Waals surface area (Å²) in [5.74, 6) is 0. The van der Waals surface area contributed by atoms with Crippen LogP contribution in [0.15, 0.2) is 50.9 Å². The van der Waals surface area contributed by atoms with Gasteiger partial charge >= 0.3 is 17.1 Å². The van der Waals surface area contributed by atoms with E-state index in [9.17, 15) is 40.7 Å². The normalized spacial score (nSPS) is 10.2. The van der Waals surface area contributed by atoms with Gasteiger partial charge < -0.3 is 0 Å². The van der Waals surface area contributed by atoms with Gasteiger partial charge in [-0.05, 0) is 0 Å². The third-order valence-corrected chi connectivity index (χ3v) is 2.67. The Morgan fingerprint density at radius 2 is 0.792 bits per heavy atom. The number of hydrogen-bond acceptors (Lipinski definition) is 3. The minimum absolute atomic E-state index is 0.133. The van der Waals surface area contributed by atoms with Gasteiger partial charge in [0.15, 0.2) is 0 Å². The lowest BCUT2D eigenvalue weighted by atomic mass is 10.5. The molecule has 0 spiro atoms. The highest BCUT2D eigenvalue weighted by atomic mass is 19.3. The first-order valence-electron chi connectivity index (χ1n) is 6.13. The molecule has 132 valence electrons. The summed E-state index contributed by atoms with van der Waals surface area (Å²) < 4.78 is 73.1. The molecule has 0 atom stereocenters. The van der Waals surface area contributed by atoms with Crippen LogP contribution in [-0.4, -0.2) is 13.7 Å². The number of aromatic nitrogens is 3. The molecule has 1 heterocycles. The first-order valence-corrected chi connectivity index (χ1v) is 6.13. The lowest BCUT2D eigenvalue weighted by Crippen LogP contribution is -2.54. The van der Waals surface area contributed by atoms with Gasteiger partial charge in [0.25, 0.3) is 18.2 Å². The van der Waals surface area contributed by atoms with Crippen LogP contribution in [0.1, 0.15) is 0 Å². The standard InChI is InChI=1S/C12H9F6N3O3/c13-7(14)1-4-19-10(22)20(5-2-8(15)16)12(24)21(11(19)23)6-3-9(17)18/h1-3H,4-6H2. The van der Waals surface area contributed by atoms with Gasteiger partial charge in [0.1, 0.15) is 0 Å². The number of rotatable bonds is 6. The molecule has 0 saturated carbocycles. The molecule has 24 heavy (non-hydrogen) atoms. The van der Waals surface area contributed by atoms with E-state index in [0.29, 0.717) is 0 Å². The zero-order valence-electron chi connectivity index (χ0n) is 11.7.